The molecule has 0 aromatic heterocycles. The maximum absolute atomic E-state index is 13.2. The number of nitrogens with one attached hydrogen (secondary N) is 1. The van der Waals surface area contributed by atoms with Crippen LogP contribution < -0.4 is 9.62 Å². The Hall–Kier alpha value is -2.09. The molecule has 0 spiro atoms. The standard InChI is InChI=1S/C19H23ClN2O4S/c1-14-9-10-16(20)11-18(14)22(12-19(23)21-15(2)13-26-3)27(24,25)17-7-5-4-6-8-17/h4-11,15H,12-13H2,1-3H3,(H,21,23)/t15-/m0/s1. The van der Waals surface area contributed by atoms with Crippen LogP contribution in [0, 0.1) is 6.92 Å². The Morgan fingerprint density at radius 1 is 1.22 bits per heavy atom. The molecule has 2 rings (SSSR count). The topological polar surface area (TPSA) is 75.7 Å². The molecule has 1 amide bonds. The van der Waals surface area contributed by atoms with E-state index in [1.54, 1.807) is 50.2 Å². The lowest BCUT2D eigenvalue weighted by molar-refractivity contribution is -0.120. The first kappa shape index (κ1) is 21.2. The van der Waals surface area contributed by atoms with E-state index in [9.17, 15) is 13.2 Å². The molecule has 27 heavy (non-hydrogen) atoms. The zero-order valence-electron chi connectivity index (χ0n) is 15.5. The van der Waals surface area contributed by atoms with Gasteiger partial charge in [-0.25, -0.2) is 8.42 Å². The van der Waals surface area contributed by atoms with Crippen LogP contribution in [0.3, 0.4) is 0 Å². The minimum Gasteiger partial charge on any atom is -0.383 e. The molecule has 0 heterocycles. The van der Waals surface area contributed by atoms with Crippen molar-refractivity contribution in [3.63, 3.8) is 0 Å². The van der Waals surface area contributed by atoms with Crippen LogP contribution in [-0.2, 0) is 19.6 Å². The van der Waals surface area contributed by atoms with Crippen LogP contribution in [0.15, 0.2) is 53.4 Å². The lowest BCUT2D eigenvalue weighted by Crippen LogP contribution is -2.45. The molecule has 0 radical (unpaired) electrons. The Labute approximate surface area is 165 Å². The van der Waals surface area contributed by atoms with E-state index in [1.165, 1.54) is 19.2 Å². The summed E-state index contributed by atoms with van der Waals surface area (Å²) in [6, 6.07) is 12.7. The number of carbonyl (C=O) groups is 1. The number of benzene rings is 2. The van der Waals surface area contributed by atoms with E-state index in [0.717, 1.165) is 4.31 Å². The number of anilines is 1. The van der Waals surface area contributed by atoms with Gasteiger partial charge in [0.05, 0.1) is 17.2 Å². The molecule has 1 N–H and O–H groups in total. The molecular formula is C19H23ClN2O4S. The summed E-state index contributed by atoms with van der Waals surface area (Å²) in [5, 5.41) is 3.12. The molecule has 146 valence electrons. The van der Waals surface area contributed by atoms with Crippen LogP contribution in [0.2, 0.25) is 5.02 Å². The van der Waals surface area contributed by atoms with Crippen molar-refractivity contribution in [1.29, 1.82) is 0 Å². The maximum atomic E-state index is 13.2. The molecule has 0 aliphatic carbocycles. The molecule has 0 aliphatic heterocycles. The monoisotopic (exact) mass is 410 g/mol. The van der Waals surface area contributed by atoms with Crippen molar-refractivity contribution in [2.75, 3.05) is 24.6 Å². The Bertz CT molecular complexity index is 888. The van der Waals surface area contributed by atoms with Crippen molar-refractivity contribution in [3.8, 4) is 0 Å². The van der Waals surface area contributed by atoms with E-state index in [4.69, 9.17) is 16.3 Å². The van der Waals surface area contributed by atoms with Crippen LogP contribution >= 0.6 is 11.6 Å². The van der Waals surface area contributed by atoms with Gasteiger partial charge in [0, 0.05) is 18.2 Å². The summed E-state index contributed by atoms with van der Waals surface area (Å²) in [6.45, 7) is 3.51. The van der Waals surface area contributed by atoms with Crippen molar-refractivity contribution in [2.24, 2.45) is 0 Å². The van der Waals surface area contributed by atoms with E-state index in [1.807, 2.05) is 0 Å². The van der Waals surface area contributed by atoms with Crippen LogP contribution in [-0.4, -0.2) is 40.6 Å². The summed E-state index contributed by atoms with van der Waals surface area (Å²) >= 11 is 6.08. The minimum atomic E-state index is -3.95. The average Bonchev–Trinajstić information content (AvgIpc) is 2.62. The van der Waals surface area contributed by atoms with Gasteiger partial charge in [0.1, 0.15) is 6.54 Å². The molecule has 1 atom stereocenters. The van der Waals surface area contributed by atoms with Gasteiger partial charge in [0.2, 0.25) is 5.91 Å². The molecule has 2 aromatic carbocycles. The summed E-state index contributed by atoms with van der Waals surface area (Å²) in [5.74, 6) is -0.432. The predicted octanol–water partition coefficient (Wildman–Crippen LogP) is 2.99. The molecule has 8 heteroatoms. The van der Waals surface area contributed by atoms with E-state index in [-0.39, 0.29) is 17.5 Å². The first-order valence-corrected chi connectivity index (χ1v) is 10.2. The summed E-state index contributed by atoms with van der Waals surface area (Å²) in [4.78, 5) is 12.6. The molecule has 0 saturated heterocycles. The van der Waals surface area contributed by atoms with Gasteiger partial charge in [-0.1, -0.05) is 35.9 Å². The Morgan fingerprint density at radius 2 is 1.89 bits per heavy atom. The van der Waals surface area contributed by atoms with Crippen molar-refractivity contribution in [3.05, 3.63) is 59.1 Å². The molecule has 2 aromatic rings. The number of hydrogen-bond acceptors (Lipinski definition) is 4. The van der Waals surface area contributed by atoms with Crippen LogP contribution in [0.1, 0.15) is 12.5 Å². The predicted molar refractivity (Wildman–Crippen MR) is 107 cm³/mol. The fourth-order valence-electron chi connectivity index (χ4n) is 2.61. The fraction of sp³-hybridized carbons (Fsp3) is 0.316. The van der Waals surface area contributed by atoms with Gasteiger partial charge in [-0.05, 0) is 43.7 Å². The highest BCUT2D eigenvalue weighted by Gasteiger charge is 2.28. The zero-order chi connectivity index (χ0) is 20.0. The number of halogens is 1. The summed E-state index contributed by atoms with van der Waals surface area (Å²) in [6.07, 6.45) is 0. The second-order valence-corrected chi connectivity index (χ2v) is 8.48. The highest BCUT2D eigenvalue weighted by Crippen LogP contribution is 2.29. The second-order valence-electron chi connectivity index (χ2n) is 6.18. The minimum absolute atomic E-state index is 0.0992. The average molecular weight is 411 g/mol. The van der Waals surface area contributed by atoms with Gasteiger partial charge in [-0.15, -0.1) is 0 Å². The van der Waals surface area contributed by atoms with Crippen molar-refractivity contribution < 1.29 is 17.9 Å². The largest absolute Gasteiger partial charge is 0.383 e. The van der Waals surface area contributed by atoms with E-state index in [2.05, 4.69) is 5.32 Å². The molecule has 6 nitrogen and oxygen atoms in total. The Morgan fingerprint density at radius 3 is 2.52 bits per heavy atom. The first-order valence-electron chi connectivity index (χ1n) is 8.38. The number of amides is 1. The van der Waals surface area contributed by atoms with Gasteiger partial charge in [0.25, 0.3) is 10.0 Å². The fourth-order valence-corrected chi connectivity index (χ4v) is 4.28. The third-order valence-electron chi connectivity index (χ3n) is 3.88. The SMILES string of the molecule is COC[C@H](C)NC(=O)CN(c1cc(Cl)ccc1C)S(=O)(=O)c1ccccc1. The smallest absolute Gasteiger partial charge is 0.264 e. The summed E-state index contributed by atoms with van der Waals surface area (Å²) < 4.78 is 32.5. The normalized spacial score (nSPS) is 12.4. The Kier molecular flexibility index (Phi) is 7.24. The van der Waals surface area contributed by atoms with Gasteiger partial charge in [0.15, 0.2) is 0 Å². The first-order chi connectivity index (χ1) is 12.8. The highest BCUT2D eigenvalue weighted by molar-refractivity contribution is 7.92. The molecule has 0 unspecified atom stereocenters. The molecule has 0 saturated carbocycles. The van der Waals surface area contributed by atoms with Crippen molar-refractivity contribution in [2.45, 2.75) is 24.8 Å². The van der Waals surface area contributed by atoms with Crippen molar-refractivity contribution >= 4 is 33.2 Å². The van der Waals surface area contributed by atoms with E-state index < -0.39 is 15.9 Å². The number of nitrogens with zero attached hydrogens (tertiary/aromatic N) is 1. The molecule has 0 fully saturated rings. The number of ether oxygens (including phenoxy) is 1. The van der Waals surface area contributed by atoms with Crippen LogP contribution in [0.25, 0.3) is 0 Å². The summed E-state index contributed by atoms with van der Waals surface area (Å²) in [7, 11) is -2.42. The number of methoxy groups -OCH3 is 1. The van der Waals surface area contributed by atoms with Gasteiger partial charge >= 0.3 is 0 Å². The quantitative estimate of drug-likeness (QED) is 0.725. The van der Waals surface area contributed by atoms with Gasteiger partial charge in [-0.3, -0.25) is 9.10 Å². The van der Waals surface area contributed by atoms with E-state index >= 15 is 0 Å². The van der Waals surface area contributed by atoms with Gasteiger partial charge < -0.3 is 10.1 Å². The third-order valence-corrected chi connectivity index (χ3v) is 5.89. The number of carbonyl (C=O) groups excluding carboxylic acids is 1. The molecular weight excluding hydrogens is 388 g/mol. The Balaban J connectivity index is 2.43. The van der Waals surface area contributed by atoms with Crippen molar-refractivity contribution in [1.82, 2.24) is 5.32 Å². The lowest BCUT2D eigenvalue weighted by Gasteiger charge is -2.26. The highest BCUT2D eigenvalue weighted by atomic mass is 35.5. The van der Waals surface area contributed by atoms with Crippen LogP contribution in [0.5, 0.6) is 0 Å². The zero-order valence-corrected chi connectivity index (χ0v) is 17.0. The lowest BCUT2D eigenvalue weighted by atomic mass is 10.2. The number of hydrogen-bond donors (Lipinski definition) is 1. The van der Waals surface area contributed by atoms with E-state index in [0.29, 0.717) is 22.9 Å². The van der Waals surface area contributed by atoms with Crippen LogP contribution in [0.4, 0.5) is 5.69 Å². The summed E-state index contributed by atoms with van der Waals surface area (Å²) in [5.41, 5.74) is 1.05. The number of aryl methyl sites for hydroxylation is 1. The number of rotatable bonds is 8. The molecule has 0 aliphatic rings. The second kappa shape index (κ2) is 9.21. The maximum Gasteiger partial charge on any atom is 0.264 e. The third kappa shape index (κ3) is 5.45. The molecule has 0 bridgehead atoms. The number of sulfonamides is 1. The van der Waals surface area contributed by atoms with Gasteiger partial charge in [-0.2, -0.15) is 0 Å².